The number of anilines is 3. The first-order valence-corrected chi connectivity index (χ1v) is 13.3. The highest BCUT2D eigenvalue weighted by molar-refractivity contribution is 5.77. The summed E-state index contributed by atoms with van der Waals surface area (Å²) in [5, 5.41) is 4.29. The van der Waals surface area contributed by atoms with Crippen LogP contribution in [-0.4, -0.2) is 81.9 Å². The van der Waals surface area contributed by atoms with Gasteiger partial charge in [-0.25, -0.2) is 19.6 Å². The molecule has 1 unspecified atom stereocenters. The molecule has 0 spiro atoms. The lowest BCUT2D eigenvalue weighted by atomic mass is 9.91. The summed E-state index contributed by atoms with van der Waals surface area (Å²) in [5.41, 5.74) is 1.97. The Morgan fingerprint density at radius 2 is 1.77 bits per heavy atom. The Bertz CT molecular complexity index is 1390. The van der Waals surface area contributed by atoms with Gasteiger partial charge in [0.05, 0.1) is 23.6 Å². The van der Waals surface area contributed by atoms with Crippen LogP contribution < -0.4 is 14.7 Å². The van der Waals surface area contributed by atoms with Gasteiger partial charge in [0.15, 0.2) is 0 Å². The summed E-state index contributed by atoms with van der Waals surface area (Å²) in [7, 11) is 3.70. The van der Waals surface area contributed by atoms with Gasteiger partial charge in [-0.3, -0.25) is 4.79 Å². The fraction of sp³-hybridized carbons (Fsp3) is 0.519. The lowest BCUT2D eigenvalue weighted by molar-refractivity contribution is -0.138. The minimum absolute atomic E-state index is 0.0538. The molecular weight excluding hydrogens is 523 g/mol. The zero-order chi connectivity index (χ0) is 28.8. The van der Waals surface area contributed by atoms with Crippen LogP contribution >= 0.6 is 0 Å². The number of carbonyl (C=O) groups is 1. The molecule has 0 saturated carbocycles. The van der Waals surface area contributed by atoms with Gasteiger partial charge >= 0.3 is 6.18 Å². The Labute approximate surface area is 231 Å². The molecule has 2 aromatic heterocycles. The van der Waals surface area contributed by atoms with Crippen molar-refractivity contribution in [2.24, 2.45) is 0 Å². The summed E-state index contributed by atoms with van der Waals surface area (Å²) in [6.45, 7) is 7.92. The predicted molar refractivity (Wildman–Crippen MR) is 145 cm³/mol. The summed E-state index contributed by atoms with van der Waals surface area (Å²) in [6, 6.07) is 2.66. The number of fused-ring (bicyclic) bond motifs is 1. The molecule has 214 valence electrons. The second kappa shape index (κ2) is 10.6. The predicted octanol–water partition coefficient (Wildman–Crippen LogP) is 3.07. The summed E-state index contributed by atoms with van der Waals surface area (Å²) < 4.78 is 43.6. The zero-order valence-electron chi connectivity index (χ0n) is 23.4. The molecule has 1 saturated heterocycles. The molecule has 40 heavy (non-hydrogen) atoms. The van der Waals surface area contributed by atoms with Crippen LogP contribution in [0.15, 0.2) is 24.5 Å². The van der Waals surface area contributed by atoms with Gasteiger partial charge in [-0.1, -0.05) is 0 Å². The van der Waals surface area contributed by atoms with E-state index in [2.05, 4.69) is 25.0 Å². The van der Waals surface area contributed by atoms with Gasteiger partial charge in [-0.2, -0.15) is 18.3 Å². The number of amides is 1. The fourth-order valence-electron chi connectivity index (χ4n) is 5.63. The zero-order valence-corrected chi connectivity index (χ0v) is 23.4. The standard InChI is InChI=1S/C27H34F3N9O/c1-17-14-37(10-11-38(17)25(40)16-39-19(3)33-18(2)34-39)24-7-6-23(27(28,29)30)21-8-9-36(15-22(21)24)20-12-31-26(32-13-20)35(4)5/h6-7,12-13,17H,8-11,14-16H2,1-5H3. The molecule has 2 aliphatic heterocycles. The normalized spacial score (nSPS) is 17.7. The van der Waals surface area contributed by atoms with Crippen LogP contribution in [0.5, 0.6) is 0 Å². The molecule has 1 aromatic carbocycles. The second-order valence-corrected chi connectivity index (χ2v) is 10.6. The van der Waals surface area contributed by atoms with Crippen LogP contribution in [0.3, 0.4) is 0 Å². The molecular formula is C27H34F3N9O. The quantitative estimate of drug-likeness (QED) is 0.473. The summed E-state index contributed by atoms with van der Waals surface area (Å²) >= 11 is 0. The maximum atomic E-state index is 14.0. The lowest BCUT2D eigenvalue weighted by Gasteiger charge is -2.43. The van der Waals surface area contributed by atoms with Crippen molar-refractivity contribution in [2.45, 2.75) is 52.5 Å². The van der Waals surface area contributed by atoms with E-state index in [1.54, 1.807) is 35.0 Å². The number of hydrogen-bond donors (Lipinski definition) is 0. The summed E-state index contributed by atoms with van der Waals surface area (Å²) in [5.74, 6) is 1.81. The van der Waals surface area contributed by atoms with E-state index < -0.39 is 11.7 Å². The van der Waals surface area contributed by atoms with Crippen molar-refractivity contribution in [3.8, 4) is 0 Å². The Morgan fingerprint density at radius 3 is 2.38 bits per heavy atom. The van der Waals surface area contributed by atoms with E-state index in [1.165, 1.54) is 6.07 Å². The molecule has 4 heterocycles. The molecule has 0 bridgehead atoms. The Kier molecular flexibility index (Phi) is 7.32. The van der Waals surface area contributed by atoms with E-state index in [-0.39, 0.29) is 24.9 Å². The maximum absolute atomic E-state index is 14.0. The number of aryl methyl sites for hydroxylation is 2. The van der Waals surface area contributed by atoms with Crippen LogP contribution in [0.4, 0.5) is 30.5 Å². The third-order valence-electron chi connectivity index (χ3n) is 7.62. The Balaban J connectivity index is 1.39. The van der Waals surface area contributed by atoms with Crippen LogP contribution in [0.1, 0.15) is 35.3 Å². The fourth-order valence-corrected chi connectivity index (χ4v) is 5.63. The van der Waals surface area contributed by atoms with Gasteiger partial charge in [0.2, 0.25) is 11.9 Å². The number of alkyl halides is 3. The number of aromatic nitrogens is 5. The Morgan fingerprint density at radius 1 is 1.05 bits per heavy atom. The molecule has 0 aliphatic carbocycles. The van der Waals surface area contributed by atoms with E-state index in [0.717, 1.165) is 11.4 Å². The van der Waals surface area contributed by atoms with Crippen LogP contribution in [0, 0.1) is 13.8 Å². The topological polar surface area (TPSA) is 86.5 Å². The van der Waals surface area contributed by atoms with Crippen molar-refractivity contribution in [1.82, 2.24) is 29.6 Å². The van der Waals surface area contributed by atoms with Gasteiger partial charge < -0.3 is 19.6 Å². The molecule has 13 heteroatoms. The van der Waals surface area contributed by atoms with E-state index >= 15 is 0 Å². The smallest absolute Gasteiger partial charge is 0.367 e. The molecule has 0 radical (unpaired) electrons. The SMILES string of the molecule is Cc1nc(C)n(CC(=O)N2CCN(c3ccc(C(F)(F)F)c4c3CN(c3cnc(N(C)C)nc3)CC4)CC2C)n1. The van der Waals surface area contributed by atoms with Crippen molar-refractivity contribution >= 4 is 23.2 Å². The Hall–Kier alpha value is -3.90. The molecule has 3 aromatic rings. The van der Waals surface area contributed by atoms with Crippen LogP contribution in [0.2, 0.25) is 0 Å². The first-order chi connectivity index (χ1) is 18.9. The first kappa shape index (κ1) is 27.7. The second-order valence-electron chi connectivity index (χ2n) is 10.6. The monoisotopic (exact) mass is 557 g/mol. The van der Waals surface area contributed by atoms with Gasteiger partial charge in [-0.05, 0) is 50.5 Å². The van der Waals surface area contributed by atoms with Crippen molar-refractivity contribution in [2.75, 3.05) is 55.0 Å². The third-order valence-corrected chi connectivity index (χ3v) is 7.62. The maximum Gasteiger partial charge on any atom is 0.416 e. The molecule has 1 atom stereocenters. The van der Waals surface area contributed by atoms with Gasteiger partial charge in [0.1, 0.15) is 18.2 Å². The van der Waals surface area contributed by atoms with Crippen LogP contribution in [-0.2, 0) is 30.5 Å². The van der Waals surface area contributed by atoms with Gasteiger partial charge in [0.25, 0.3) is 0 Å². The number of nitrogens with zero attached hydrogens (tertiary/aromatic N) is 9. The van der Waals surface area contributed by atoms with Crippen molar-refractivity contribution in [3.63, 3.8) is 0 Å². The molecule has 1 fully saturated rings. The van der Waals surface area contributed by atoms with Gasteiger partial charge in [-0.15, -0.1) is 0 Å². The van der Waals surface area contributed by atoms with Crippen molar-refractivity contribution < 1.29 is 18.0 Å². The van der Waals surface area contributed by atoms with E-state index in [9.17, 15) is 18.0 Å². The number of piperazine rings is 1. The largest absolute Gasteiger partial charge is 0.416 e. The molecule has 10 nitrogen and oxygen atoms in total. The number of halogens is 3. The van der Waals surface area contributed by atoms with Crippen LogP contribution in [0.25, 0.3) is 0 Å². The molecule has 5 rings (SSSR count). The molecule has 1 amide bonds. The molecule has 2 aliphatic rings. The lowest BCUT2D eigenvalue weighted by Crippen LogP contribution is -2.55. The van der Waals surface area contributed by atoms with Crippen molar-refractivity contribution in [1.29, 1.82) is 0 Å². The average molecular weight is 558 g/mol. The molecule has 0 N–H and O–H groups in total. The minimum Gasteiger partial charge on any atom is -0.367 e. The summed E-state index contributed by atoms with van der Waals surface area (Å²) in [4.78, 5) is 33.9. The number of hydrogen-bond acceptors (Lipinski definition) is 8. The average Bonchev–Trinajstić information content (AvgIpc) is 3.22. The minimum atomic E-state index is -4.43. The number of benzene rings is 1. The van der Waals surface area contributed by atoms with Crippen molar-refractivity contribution in [3.05, 3.63) is 52.9 Å². The highest BCUT2D eigenvalue weighted by Gasteiger charge is 2.38. The van der Waals surface area contributed by atoms with E-state index in [0.29, 0.717) is 61.4 Å². The van der Waals surface area contributed by atoms with E-state index in [4.69, 9.17) is 0 Å². The van der Waals surface area contributed by atoms with E-state index in [1.807, 2.05) is 37.7 Å². The number of rotatable bonds is 5. The van der Waals surface area contributed by atoms with Gasteiger partial charge in [0, 0.05) is 58.5 Å². The highest BCUT2D eigenvalue weighted by atomic mass is 19.4. The number of carbonyl (C=O) groups excluding carboxylic acids is 1. The third kappa shape index (κ3) is 5.41. The highest BCUT2D eigenvalue weighted by Crippen LogP contribution is 2.40. The summed E-state index contributed by atoms with van der Waals surface area (Å²) in [6.07, 6.45) is -0.744. The first-order valence-electron chi connectivity index (χ1n) is 13.3.